The van der Waals surface area contributed by atoms with Crippen LogP contribution in [0.5, 0.6) is 11.5 Å². The van der Waals surface area contributed by atoms with E-state index < -0.39 is 10.0 Å². The SMILES string of the molecule is CC(=O)c1cccc(NC(=O)CCCN(c2ccc3c(c2)OCCO3)S(C)(=O)=O)c1. The molecule has 0 unspecified atom stereocenters. The first-order valence-electron chi connectivity index (χ1n) is 9.52. The number of Topliss-reactive ketones (excluding diaryl/α,β-unsaturated/α-hetero) is 1. The molecule has 0 aliphatic carbocycles. The van der Waals surface area contributed by atoms with Crippen molar-refractivity contribution in [3.8, 4) is 11.5 Å². The van der Waals surface area contributed by atoms with Crippen LogP contribution in [0.15, 0.2) is 42.5 Å². The highest BCUT2D eigenvalue weighted by molar-refractivity contribution is 7.92. The van der Waals surface area contributed by atoms with Gasteiger partial charge in [-0.05, 0) is 37.6 Å². The van der Waals surface area contributed by atoms with E-state index >= 15 is 0 Å². The standard InChI is InChI=1S/C21H24N2O6S/c1-15(24)16-5-3-6-17(13-16)22-21(25)7-4-10-23(30(2,26)27)18-8-9-19-20(14-18)29-12-11-28-19/h3,5-6,8-9,13-14H,4,7,10-12H2,1-2H3,(H,22,25). The number of ketones is 1. The monoisotopic (exact) mass is 432 g/mol. The van der Waals surface area contributed by atoms with Gasteiger partial charge in [0.15, 0.2) is 17.3 Å². The van der Waals surface area contributed by atoms with E-state index in [0.717, 1.165) is 6.26 Å². The van der Waals surface area contributed by atoms with Gasteiger partial charge in [0.25, 0.3) is 0 Å². The summed E-state index contributed by atoms with van der Waals surface area (Å²) in [6, 6.07) is 11.6. The van der Waals surface area contributed by atoms with Crippen molar-refractivity contribution < 1.29 is 27.5 Å². The number of nitrogens with zero attached hydrogens (tertiary/aromatic N) is 1. The molecule has 1 N–H and O–H groups in total. The van der Waals surface area contributed by atoms with Gasteiger partial charge in [-0.25, -0.2) is 8.42 Å². The largest absolute Gasteiger partial charge is 0.486 e. The van der Waals surface area contributed by atoms with E-state index in [1.54, 1.807) is 42.5 Å². The third-order valence-electron chi connectivity index (χ3n) is 4.53. The average molecular weight is 432 g/mol. The molecule has 2 aromatic carbocycles. The lowest BCUT2D eigenvalue weighted by Gasteiger charge is -2.25. The summed E-state index contributed by atoms with van der Waals surface area (Å²) in [4.78, 5) is 23.7. The third-order valence-corrected chi connectivity index (χ3v) is 5.73. The second-order valence-electron chi connectivity index (χ2n) is 6.95. The molecule has 30 heavy (non-hydrogen) atoms. The topological polar surface area (TPSA) is 102 Å². The van der Waals surface area contributed by atoms with Gasteiger partial charge in [-0.3, -0.25) is 13.9 Å². The molecule has 0 saturated heterocycles. The van der Waals surface area contributed by atoms with Crippen LogP contribution in [0.25, 0.3) is 0 Å². The van der Waals surface area contributed by atoms with Crippen molar-refractivity contribution in [2.75, 3.05) is 35.6 Å². The summed E-state index contributed by atoms with van der Waals surface area (Å²) in [5.74, 6) is 0.724. The van der Waals surface area contributed by atoms with Gasteiger partial charge in [-0.1, -0.05) is 12.1 Å². The molecule has 0 bridgehead atoms. The lowest BCUT2D eigenvalue weighted by molar-refractivity contribution is -0.116. The Bertz CT molecular complexity index is 1050. The van der Waals surface area contributed by atoms with E-state index in [9.17, 15) is 18.0 Å². The maximum absolute atomic E-state index is 12.3. The number of ether oxygens (including phenoxy) is 2. The minimum Gasteiger partial charge on any atom is -0.486 e. The summed E-state index contributed by atoms with van der Waals surface area (Å²) in [5, 5.41) is 2.73. The second-order valence-corrected chi connectivity index (χ2v) is 8.86. The molecule has 3 rings (SSSR count). The van der Waals surface area contributed by atoms with Gasteiger partial charge in [0.05, 0.1) is 11.9 Å². The van der Waals surface area contributed by atoms with Crippen LogP contribution in [-0.4, -0.2) is 46.1 Å². The van der Waals surface area contributed by atoms with Gasteiger partial charge in [-0.15, -0.1) is 0 Å². The average Bonchev–Trinajstić information content (AvgIpc) is 2.70. The van der Waals surface area contributed by atoms with Crippen LogP contribution in [0.4, 0.5) is 11.4 Å². The van der Waals surface area contributed by atoms with Crippen molar-refractivity contribution in [3.05, 3.63) is 48.0 Å². The van der Waals surface area contributed by atoms with Crippen molar-refractivity contribution in [2.45, 2.75) is 19.8 Å². The number of fused-ring (bicyclic) bond motifs is 1. The Morgan fingerprint density at radius 1 is 1.07 bits per heavy atom. The molecule has 0 aromatic heterocycles. The molecule has 160 valence electrons. The molecule has 2 aromatic rings. The lowest BCUT2D eigenvalue weighted by Crippen LogP contribution is -2.31. The van der Waals surface area contributed by atoms with Crippen LogP contribution in [0.2, 0.25) is 0 Å². The second kappa shape index (κ2) is 9.17. The fourth-order valence-corrected chi connectivity index (χ4v) is 4.05. The number of benzene rings is 2. The molecule has 0 atom stereocenters. The molecule has 0 saturated carbocycles. The smallest absolute Gasteiger partial charge is 0.232 e. The van der Waals surface area contributed by atoms with Crippen LogP contribution in [0, 0.1) is 0 Å². The summed E-state index contributed by atoms with van der Waals surface area (Å²) < 4.78 is 36.8. The number of hydrogen-bond donors (Lipinski definition) is 1. The van der Waals surface area contributed by atoms with E-state index in [1.807, 2.05) is 0 Å². The molecule has 1 heterocycles. The number of carbonyl (C=O) groups excluding carboxylic acids is 2. The molecule has 1 aliphatic heterocycles. The molecular weight excluding hydrogens is 408 g/mol. The Labute approximate surface area is 175 Å². The summed E-state index contributed by atoms with van der Waals surface area (Å²) >= 11 is 0. The summed E-state index contributed by atoms with van der Waals surface area (Å²) in [5.41, 5.74) is 1.49. The van der Waals surface area contributed by atoms with Crippen LogP contribution in [-0.2, 0) is 14.8 Å². The van der Waals surface area contributed by atoms with Crippen LogP contribution in [0.3, 0.4) is 0 Å². The fraction of sp³-hybridized carbons (Fsp3) is 0.333. The Kier molecular flexibility index (Phi) is 6.61. The van der Waals surface area contributed by atoms with E-state index in [-0.39, 0.29) is 24.7 Å². The highest BCUT2D eigenvalue weighted by Crippen LogP contribution is 2.34. The molecule has 1 aliphatic rings. The number of hydrogen-bond acceptors (Lipinski definition) is 6. The number of sulfonamides is 1. The van der Waals surface area contributed by atoms with Gasteiger partial charge >= 0.3 is 0 Å². The van der Waals surface area contributed by atoms with Gasteiger partial charge in [0, 0.05) is 30.3 Å². The molecule has 8 nitrogen and oxygen atoms in total. The molecule has 0 fully saturated rings. The first-order chi connectivity index (χ1) is 14.2. The van der Waals surface area contributed by atoms with Crippen molar-refractivity contribution in [1.29, 1.82) is 0 Å². The van der Waals surface area contributed by atoms with Crippen molar-refractivity contribution in [2.24, 2.45) is 0 Å². The minimum atomic E-state index is -3.55. The van der Waals surface area contributed by atoms with Crippen molar-refractivity contribution in [1.82, 2.24) is 0 Å². The Morgan fingerprint density at radius 2 is 1.80 bits per heavy atom. The van der Waals surface area contributed by atoms with Crippen molar-refractivity contribution >= 4 is 33.1 Å². The molecule has 0 spiro atoms. The zero-order valence-electron chi connectivity index (χ0n) is 16.9. The third kappa shape index (κ3) is 5.50. The minimum absolute atomic E-state index is 0.0886. The van der Waals surface area contributed by atoms with Crippen molar-refractivity contribution in [3.63, 3.8) is 0 Å². The van der Waals surface area contributed by atoms with E-state index in [0.29, 0.717) is 48.1 Å². The lowest BCUT2D eigenvalue weighted by atomic mass is 10.1. The number of amides is 1. The highest BCUT2D eigenvalue weighted by Gasteiger charge is 2.21. The quantitative estimate of drug-likeness (QED) is 0.644. The zero-order valence-corrected chi connectivity index (χ0v) is 17.7. The Balaban J connectivity index is 1.62. The predicted octanol–water partition coefficient (Wildman–Crippen LogP) is 2.85. The normalized spacial score (nSPS) is 12.9. The summed E-state index contributed by atoms with van der Waals surface area (Å²) in [6.45, 7) is 2.45. The maximum Gasteiger partial charge on any atom is 0.232 e. The van der Waals surface area contributed by atoms with E-state index in [4.69, 9.17) is 9.47 Å². The fourth-order valence-electron chi connectivity index (χ4n) is 3.10. The zero-order chi connectivity index (χ0) is 21.7. The van der Waals surface area contributed by atoms with E-state index in [1.165, 1.54) is 11.2 Å². The molecular formula is C21H24N2O6S. The summed E-state index contributed by atoms with van der Waals surface area (Å²) in [7, 11) is -3.55. The van der Waals surface area contributed by atoms with E-state index in [2.05, 4.69) is 5.32 Å². The number of nitrogens with one attached hydrogen (secondary N) is 1. The Morgan fingerprint density at radius 3 is 2.50 bits per heavy atom. The first kappa shape index (κ1) is 21.6. The first-order valence-corrected chi connectivity index (χ1v) is 11.4. The number of carbonyl (C=O) groups is 2. The molecule has 1 amide bonds. The van der Waals surface area contributed by atoms with Gasteiger partial charge < -0.3 is 14.8 Å². The molecule has 0 radical (unpaired) electrons. The highest BCUT2D eigenvalue weighted by atomic mass is 32.2. The van der Waals surface area contributed by atoms with Crippen LogP contribution < -0.4 is 19.1 Å². The van der Waals surface area contributed by atoms with Gasteiger partial charge in [0.1, 0.15) is 13.2 Å². The maximum atomic E-state index is 12.3. The number of anilines is 2. The molecule has 9 heteroatoms. The Hall–Kier alpha value is -3.07. The van der Waals surface area contributed by atoms with Gasteiger partial charge in [-0.2, -0.15) is 0 Å². The van der Waals surface area contributed by atoms with Crippen LogP contribution in [0.1, 0.15) is 30.1 Å². The van der Waals surface area contributed by atoms with Gasteiger partial charge in [0.2, 0.25) is 15.9 Å². The number of rotatable bonds is 8. The van der Waals surface area contributed by atoms with Crippen LogP contribution >= 0.6 is 0 Å². The predicted molar refractivity (Wildman–Crippen MR) is 114 cm³/mol. The summed E-state index contributed by atoms with van der Waals surface area (Å²) in [6.07, 6.45) is 1.57.